The quantitative estimate of drug-likeness (QED) is 0.891. The molecule has 0 spiro atoms. The first-order valence-electron chi connectivity index (χ1n) is 6.78. The molecular formula is C15H13ClN4O3. The van der Waals surface area contributed by atoms with Crippen LogP contribution < -0.4 is 20.7 Å². The Morgan fingerprint density at radius 1 is 1.30 bits per heavy atom. The van der Waals surface area contributed by atoms with Crippen molar-refractivity contribution >= 4 is 40.7 Å². The zero-order valence-corrected chi connectivity index (χ0v) is 12.7. The number of anilines is 3. The number of benzene rings is 1. The van der Waals surface area contributed by atoms with Crippen LogP contribution in [0.15, 0.2) is 36.4 Å². The molecule has 8 heteroatoms. The summed E-state index contributed by atoms with van der Waals surface area (Å²) in [6, 6.07) is 9.86. The van der Waals surface area contributed by atoms with Crippen molar-refractivity contribution < 1.29 is 14.3 Å². The number of hydrogen-bond donors (Lipinski definition) is 2. The average molecular weight is 333 g/mol. The van der Waals surface area contributed by atoms with Crippen LogP contribution in [0.2, 0.25) is 5.02 Å². The molecule has 2 heterocycles. The molecule has 2 amide bonds. The molecule has 2 aromatic rings. The Balaban J connectivity index is 1.76. The van der Waals surface area contributed by atoms with Gasteiger partial charge in [0.15, 0.2) is 18.2 Å². The van der Waals surface area contributed by atoms with Crippen molar-refractivity contribution in [3.05, 3.63) is 41.4 Å². The second-order valence-corrected chi connectivity index (χ2v) is 5.32. The van der Waals surface area contributed by atoms with E-state index in [0.29, 0.717) is 16.5 Å². The Labute approximate surface area is 137 Å². The number of fused-ring (bicyclic) bond motifs is 1. The third-order valence-electron chi connectivity index (χ3n) is 3.20. The minimum absolute atomic E-state index is 0.146. The van der Waals surface area contributed by atoms with Crippen LogP contribution >= 0.6 is 11.6 Å². The van der Waals surface area contributed by atoms with Gasteiger partial charge in [0.2, 0.25) is 5.91 Å². The molecule has 0 unspecified atom stereocenters. The summed E-state index contributed by atoms with van der Waals surface area (Å²) in [4.78, 5) is 29.5. The van der Waals surface area contributed by atoms with Gasteiger partial charge in [-0.2, -0.15) is 0 Å². The van der Waals surface area contributed by atoms with Gasteiger partial charge < -0.3 is 15.8 Å². The van der Waals surface area contributed by atoms with Crippen molar-refractivity contribution in [1.82, 2.24) is 4.98 Å². The van der Waals surface area contributed by atoms with Crippen molar-refractivity contribution in [3.63, 3.8) is 0 Å². The molecule has 1 aliphatic heterocycles. The van der Waals surface area contributed by atoms with Gasteiger partial charge in [0, 0.05) is 10.7 Å². The van der Waals surface area contributed by atoms with Gasteiger partial charge in [0.05, 0.1) is 0 Å². The zero-order chi connectivity index (χ0) is 16.4. The predicted molar refractivity (Wildman–Crippen MR) is 86.6 cm³/mol. The van der Waals surface area contributed by atoms with Crippen molar-refractivity contribution in [1.29, 1.82) is 0 Å². The highest BCUT2D eigenvalue weighted by Crippen LogP contribution is 2.30. The molecule has 0 aliphatic carbocycles. The zero-order valence-electron chi connectivity index (χ0n) is 12.0. The van der Waals surface area contributed by atoms with Gasteiger partial charge >= 0.3 is 0 Å². The molecule has 3 rings (SSSR count). The summed E-state index contributed by atoms with van der Waals surface area (Å²) in [7, 11) is 0. The van der Waals surface area contributed by atoms with Crippen LogP contribution in [0.4, 0.5) is 17.3 Å². The summed E-state index contributed by atoms with van der Waals surface area (Å²) < 4.78 is 5.28. The molecule has 3 N–H and O–H groups in total. The van der Waals surface area contributed by atoms with Crippen LogP contribution in [0.25, 0.3) is 0 Å². The van der Waals surface area contributed by atoms with Crippen LogP contribution in [0, 0.1) is 0 Å². The lowest BCUT2D eigenvalue weighted by atomic mass is 10.3. The van der Waals surface area contributed by atoms with E-state index in [4.69, 9.17) is 22.1 Å². The van der Waals surface area contributed by atoms with Gasteiger partial charge in [-0.05, 0) is 36.4 Å². The molecule has 0 atom stereocenters. The molecule has 7 nitrogen and oxygen atoms in total. The third-order valence-corrected chi connectivity index (χ3v) is 3.45. The maximum Gasteiger partial charge on any atom is 0.266 e. The number of ether oxygens (including phenoxy) is 1. The second kappa shape index (κ2) is 6.13. The molecule has 1 aromatic carbocycles. The molecule has 118 valence electrons. The standard InChI is InChI=1S/C15H13ClN4O3/c16-9-1-3-10(4-2-9)18-13(21)7-20-14(22)8-23-11-5-6-12(17)19-15(11)20/h1-6H,7-8H2,(H2,17,19)(H,18,21). The number of carbonyl (C=O) groups excluding carboxylic acids is 2. The lowest BCUT2D eigenvalue weighted by Gasteiger charge is -2.27. The Hall–Kier alpha value is -2.80. The lowest BCUT2D eigenvalue weighted by Crippen LogP contribution is -2.44. The number of rotatable bonds is 3. The van der Waals surface area contributed by atoms with Crippen molar-refractivity contribution in [2.75, 3.05) is 29.1 Å². The van der Waals surface area contributed by atoms with Crippen molar-refractivity contribution in [2.24, 2.45) is 0 Å². The number of nitrogen functional groups attached to an aromatic ring is 1. The Bertz CT molecular complexity index is 764. The van der Waals surface area contributed by atoms with E-state index in [2.05, 4.69) is 10.3 Å². The minimum Gasteiger partial charge on any atom is -0.480 e. The maximum absolute atomic E-state index is 12.2. The topological polar surface area (TPSA) is 97.5 Å². The van der Waals surface area contributed by atoms with Gasteiger partial charge in [-0.15, -0.1) is 0 Å². The normalized spacial score (nSPS) is 13.3. The summed E-state index contributed by atoms with van der Waals surface area (Å²) in [5.41, 5.74) is 6.22. The number of carbonyl (C=O) groups is 2. The van der Waals surface area contributed by atoms with Gasteiger partial charge in [0.25, 0.3) is 5.91 Å². The van der Waals surface area contributed by atoms with Crippen molar-refractivity contribution in [2.45, 2.75) is 0 Å². The van der Waals surface area contributed by atoms with Crippen LogP contribution in [0.5, 0.6) is 5.75 Å². The Kier molecular flexibility index (Phi) is 4.03. The number of halogens is 1. The number of amides is 2. The summed E-state index contributed by atoms with van der Waals surface area (Å²) in [6.07, 6.45) is 0. The molecular weight excluding hydrogens is 320 g/mol. The van der Waals surface area contributed by atoms with E-state index in [9.17, 15) is 9.59 Å². The molecule has 1 aromatic heterocycles. The van der Waals surface area contributed by atoms with Crippen LogP contribution in [-0.4, -0.2) is 29.9 Å². The fourth-order valence-corrected chi connectivity index (χ4v) is 2.26. The molecule has 1 aliphatic rings. The van der Waals surface area contributed by atoms with Gasteiger partial charge in [-0.25, -0.2) is 4.98 Å². The van der Waals surface area contributed by atoms with Gasteiger partial charge in [0.1, 0.15) is 12.4 Å². The van der Waals surface area contributed by atoms with E-state index in [1.165, 1.54) is 4.90 Å². The smallest absolute Gasteiger partial charge is 0.266 e. The number of hydrogen-bond acceptors (Lipinski definition) is 5. The van der Waals surface area contributed by atoms with Gasteiger partial charge in [-0.3, -0.25) is 14.5 Å². The molecule has 0 saturated carbocycles. The molecule has 0 bridgehead atoms. The molecule has 0 fully saturated rings. The van der Waals surface area contributed by atoms with E-state index in [0.717, 1.165) is 0 Å². The first-order chi connectivity index (χ1) is 11.0. The first-order valence-corrected chi connectivity index (χ1v) is 7.16. The molecule has 0 radical (unpaired) electrons. The lowest BCUT2D eigenvalue weighted by molar-refractivity contribution is -0.123. The highest BCUT2D eigenvalue weighted by Gasteiger charge is 2.28. The van der Waals surface area contributed by atoms with E-state index in [1.54, 1.807) is 36.4 Å². The number of pyridine rings is 1. The summed E-state index contributed by atoms with van der Waals surface area (Å²) in [5.74, 6) is 0.176. The number of aromatic nitrogens is 1. The summed E-state index contributed by atoms with van der Waals surface area (Å²) in [6.45, 7) is -0.332. The maximum atomic E-state index is 12.2. The fraction of sp³-hybridized carbons (Fsp3) is 0.133. The van der Waals surface area contributed by atoms with E-state index < -0.39 is 0 Å². The SMILES string of the molecule is Nc1ccc2c(n1)N(CC(=O)Nc1ccc(Cl)cc1)C(=O)CO2. The Morgan fingerprint density at radius 2 is 2.04 bits per heavy atom. The van der Waals surface area contributed by atoms with Gasteiger partial charge in [-0.1, -0.05) is 11.6 Å². The van der Waals surface area contributed by atoms with Crippen LogP contribution in [-0.2, 0) is 9.59 Å². The number of nitrogens with one attached hydrogen (secondary N) is 1. The second-order valence-electron chi connectivity index (χ2n) is 4.88. The van der Waals surface area contributed by atoms with E-state index in [-0.39, 0.29) is 36.6 Å². The molecule has 0 saturated heterocycles. The summed E-state index contributed by atoms with van der Waals surface area (Å²) in [5, 5.41) is 3.26. The average Bonchev–Trinajstić information content (AvgIpc) is 2.52. The van der Waals surface area contributed by atoms with E-state index >= 15 is 0 Å². The monoisotopic (exact) mass is 332 g/mol. The first kappa shape index (κ1) is 15.1. The number of nitrogens with zero attached hydrogens (tertiary/aromatic N) is 2. The largest absolute Gasteiger partial charge is 0.480 e. The van der Waals surface area contributed by atoms with Crippen LogP contribution in [0.1, 0.15) is 0 Å². The highest BCUT2D eigenvalue weighted by atomic mass is 35.5. The molecule has 23 heavy (non-hydrogen) atoms. The van der Waals surface area contributed by atoms with Crippen LogP contribution in [0.3, 0.4) is 0 Å². The highest BCUT2D eigenvalue weighted by molar-refractivity contribution is 6.30. The Morgan fingerprint density at radius 3 is 2.78 bits per heavy atom. The van der Waals surface area contributed by atoms with Crippen molar-refractivity contribution in [3.8, 4) is 5.75 Å². The third kappa shape index (κ3) is 3.35. The summed E-state index contributed by atoms with van der Waals surface area (Å²) >= 11 is 5.79. The fourth-order valence-electron chi connectivity index (χ4n) is 2.13. The van der Waals surface area contributed by atoms with E-state index in [1.807, 2.05) is 0 Å². The predicted octanol–water partition coefficient (Wildman–Crippen LogP) is 1.68. The minimum atomic E-state index is -0.363. The number of nitrogens with two attached hydrogens (primary N) is 1.